The molecule has 1 atom stereocenters. The first-order valence-corrected chi connectivity index (χ1v) is 7.25. The second-order valence-corrected chi connectivity index (χ2v) is 5.96. The maximum Gasteiger partial charge on any atom is 0.169 e. The first-order chi connectivity index (χ1) is 9.99. The van der Waals surface area contributed by atoms with E-state index in [1.54, 1.807) is 12.1 Å². The number of hydrogen-bond acceptors (Lipinski definition) is 0. The van der Waals surface area contributed by atoms with Crippen LogP contribution in [0.15, 0.2) is 24.3 Å². The van der Waals surface area contributed by atoms with Crippen molar-refractivity contribution in [2.24, 2.45) is 5.92 Å². The van der Waals surface area contributed by atoms with Crippen LogP contribution in [0.2, 0.25) is 0 Å². The van der Waals surface area contributed by atoms with Gasteiger partial charge in [-0.15, -0.1) is 0 Å². The van der Waals surface area contributed by atoms with Crippen LogP contribution < -0.4 is 0 Å². The molecule has 0 aromatic heterocycles. The minimum absolute atomic E-state index is 0.192. The van der Waals surface area contributed by atoms with E-state index < -0.39 is 17.5 Å². The van der Waals surface area contributed by atoms with Crippen molar-refractivity contribution < 1.29 is 13.2 Å². The van der Waals surface area contributed by atoms with Crippen molar-refractivity contribution in [1.29, 1.82) is 0 Å². The van der Waals surface area contributed by atoms with Gasteiger partial charge in [-0.1, -0.05) is 25.1 Å². The highest BCUT2D eigenvalue weighted by Gasteiger charge is 2.20. The molecule has 0 spiro atoms. The third-order valence-electron chi connectivity index (χ3n) is 4.32. The summed E-state index contributed by atoms with van der Waals surface area (Å²) in [4.78, 5) is 0. The quantitative estimate of drug-likeness (QED) is 0.625. The Morgan fingerprint density at radius 1 is 1.05 bits per heavy atom. The number of aryl methyl sites for hydroxylation is 1. The van der Waals surface area contributed by atoms with E-state index in [1.165, 1.54) is 13.0 Å². The Morgan fingerprint density at radius 2 is 1.81 bits per heavy atom. The van der Waals surface area contributed by atoms with Gasteiger partial charge in [0.15, 0.2) is 11.6 Å². The van der Waals surface area contributed by atoms with Gasteiger partial charge in [0.1, 0.15) is 5.82 Å². The molecule has 21 heavy (non-hydrogen) atoms. The lowest BCUT2D eigenvalue weighted by molar-refractivity contribution is 0.506. The van der Waals surface area contributed by atoms with Gasteiger partial charge in [0.2, 0.25) is 0 Å². The Labute approximate surface area is 122 Å². The van der Waals surface area contributed by atoms with Crippen molar-refractivity contribution in [1.82, 2.24) is 0 Å². The normalized spacial score (nSPS) is 18.9. The topological polar surface area (TPSA) is 0 Å². The largest absolute Gasteiger partial charge is 0.206 e. The molecule has 1 aliphatic carbocycles. The zero-order valence-corrected chi connectivity index (χ0v) is 12.1. The first kappa shape index (κ1) is 14.2. The van der Waals surface area contributed by atoms with Crippen molar-refractivity contribution in [3.05, 3.63) is 52.9 Å². The Hall–Kier alpha value is -1.77. The standard InChI is InChI=1S/C18H17F3/c1-10-3-5-12(6-4-10)14-8-7-13-9-11(2)16(19)18(21)15(13)17(14)20/h5,7-10H,3-4,6H2,1-2H3. The average Bonchev–Trinajstić information content (AvgIpc) is 2.46. The summed E-state index contributed by atoms with van der Waals surface area (Å²) in [7, 11) is 0. The van der Waals surface area contributed by atoms with Crippen molar-refractivity contribution >= 4 is 16.3 Å². The highest BCUT2D eigenvalue weighted by molar-refractivity contribution is 5.88. The molecule has 0 nitrogen and oxygen atoms in total. The summed E-state index contributed by atoms with van der Waals surface area (Å²) in [5, 5.41) is 0.160. The highest BCUT2D eigenvalue weighted by Crippen LogP contribution is 2.35. The lowest BCUT2D eigenvalue weighted by atomic mass is 9.86. The molecule has 2 aromatic rings. The summed E-state index contributed by atoms with van der Waals surface area (Å²) >= 11 is 0. The van der Waals surface area contributed by atoms with E-state index in [-0.39, 0.29) is 10.9 Å². The van der Waals surface area contributed by atoms with E-state index in [4.69, 9.17) is 0 Å². The van der Waals surface area contributed by atoms with Gasteiger partial charge in [0.25, 0.3) is 0 Å². The van der Waals surface area contributed by atoms with Crippen LogP contribution in [0.4, 0.5) is 13.2 Å². The minimum Gasteiger partial charge on any atom is -0.206 e. The number of halogens is 3. The number of fused-ring (bicyclic) bond motifs is 1. The Bertz CT molecular complexity index is 744. The maximum atomic E-state index is 14.7. The summed E-state index contributed by atoms with van der Waals surface area (Å²) in [5.41, 5.74) is 1.49. The van der Waals surface area contributed by atoms with Gasteiger partial charge in [-0.2, -0.15) is 0 Å². The molecule has 3 rings (SSSR count). The zero-order valence-electron chi connectivity index (χ0n) is 12.1. The molecule has 0 N–H and O–H groups in total. The van der Waals surface area contributed by atoms with E-state index in [2.05, 4.69) is 6.92 Å². The molecule has 0 saturated carbocycles. The van der Waals surface area contributed by atoms with E-state index in [0.29, 0.717) is 16.9 Å². The number of benzene rings is 2. The molecule has 3 heteroatoms. The molecule has 0 bridgehead atoms. The fraction of sp³-hybridized carbons (Fsp3) is 0.333. The van der Waals surface area contributed by atoms with Crippen LogP contribution in [0.1, 0.15) is 37.3 Å². The molecule has 0 saturated heterocycles. The van der Waals surface area contributed by atoms with Crippen LogP contribution in [0.5, 0.6) is 0 Å². The van der Waals surface area contributed by atoms with E-state index in [1.807, 2.05) is 6.08 Å². The molecule has 1 aliphatic rings. The summed E-state index contributed by atoms with van der Waals surface area (Å²) in [6, 6.07) is 4.83. The highest BCUT2D eigenvalue weighted by atomic mass is 19.2. The van der Waals surface area contributed by atoms with Gasteiger partial charge in [0.05, 0.1) is 5.39 Å². The van der Waals surface area contributed by atoms with E-state index in [0.717, 1.165) is 24.8 Å². The monoisotopic (exact) mass is 290 g/mol. The summed E-state index contributed by atoms with van der Waals surface area (Å²) in [6.45, 7) is 3.64. The van der Waals surface area contributed by atoms with Gasteiger partial charge in [0, 0.05) is 5.56 Å². The number of rotatable bonds is 1. The molecule has 0 fully saturated rings. The molecule has 0 amide bonds. The van der Waals surface area contributed by atoms with Crippen LogP contribution >= 0.6 is 0 Å². The van der Waals surface area contributed by atoms with Crippen LogP contribution in [0.25, 0.3) is 16.3 Å². The van der Waals surface area contributed by atoms with E-state index in [9.17, 15) is 13.2 Å². The summed E-state index contributed by atoms with van der Waals surface area (Å²) < 4.78 is 42.5. The predicted octanol–water partition coefficient (Wildman–Crippen LogP) is 5.77. The van der Waals surface area contributed by atoms with Crippen LogP contribution in [-0.4, -0.2) is 0 Å². The zero-order chi connectivity index (χ0) is 15.1. The lowest BCUT2D eigenvalue weighted by Gasteiger charge is -2.19. The third-order valence-corrected chi connectivity index (χ3v) is 4.32. The van der Waals surface area contributed by atoms with Crippen LogP contribution in [0, 0.1) is 30.3 Å². The van der Waals surface area contributed by atoms with Gasteiger partial charge in [-0.25, -0.2) is 13.2 Å². The van der Waals surface area contributed by atoms with Crippen molar-refractivity contribution in [2.75, 3.05) is 0 Å². The maximum absolute atomic E-state index is 14.7. The van der Waals surface area contributed by atoms with Crippen molar-refractivity contribution in [2.45, 2.75) is 33.1 Å². The minimum atomic E-state index is -1.09. The number of hydrogen-bond donors (Lipinski definition) is 0. The van der Waals surface area contributed by atoms with E-state index >= 15 is 0 Å². The van der Waals surface area contributed by atoms with Crippen LogP contribution in [-0.2, 0) is 0 Å². The smallest absolute Gasteiger partial charge is 0.169 e. The van der Waals surface area contributed by atoms with Crippen molar-refractivity contribution in [3.8, 4) is 0 Å². The molecule has 0 heterocycles. The molecular formula is C18H17F3. The summed E-state index contributed by atoms with van der Waals surface area (Å²) in [5.74, 6) is -2.11. The fourth-order valence-corrected chi connectivity index (χ4v) is 2.97. The second-order valence-electron chi connectivity index (χ2n) is 5.96. The number of allylic oxidation sites excluding steroid dienone is 2. The van der Waals surface area contributed by atoms with Crippen molar-refractivity contribution in [3.63, 3.8) is 0 Å². The fourth-order valence-electron chi connectivity index (χ4n) is 2.97. The molecular weight excluding hydrogens is 273 g/mol. The van der Waals surface area contributed by atoms with Crippen LogP contribution in [0.3, 0.4) is 0 Å². The average molecular weight is 290 g/mol. The van der Waals surface area contributed by atoms with Gasteiger partial charge >= 0.3 is 0 Å². The first-order valence-electron chi connectivity index (χ1n) is 7.25. The molecule has 0 aliphatic heterocycles. The van der Waals surface area contributed by atoms with Gasteiger partial charge in [-0.3, -0.25) is 0 Å². The lowest BCUT2D eigenvalue weighted by Crippen LogP contribution is -2.03. The van der Waals surface area contributed by atoms with Gasteiger partial charge < -0.3 is 0 Å². The molecule has 1 unspecified atom stereocenters. The predicted molar refractivity (Wildman–Crippen MR) is 79.6 cm³/mol. The SMILES string of the molecule is Cc1cc2ccc(C3=CCC(C)CC3)c(F)c2c(F)c1F. The summed E-state index contributed by atoms with van der Waals surface area (Å²) in [6.07, 6.45) is 4.69. The second kappa shape index (κ2) is 5.21. The Kier molecular flexibility index (Phi) is 3.52. The molecule has 0 radical (unpaired) electrons. The molecule has 110 valence electrons. The van der Waals surface area contributed by atoms with Gasteiger partial charge in [-0.05, 0) is 54.7 Å². The Morgan fingerprint density at radius 3 is 2.48 bits per heavy atom. The Balaban J connectivity index is 2.21. The third kappa shape index (κ3) is 2.35. The molecule has 2 aromatic carbocycles.